The number of benzene rings is 2. The van der Waals surface area contributed by atoms with Crippen LogP contribution >= 0.6 is 11.6 Å². The first-order valence-corrected chi connectivity index (χ1v) is 14.0. The van der Waals surface area contributed by atoms with Gasteiger partial charge in [-0.3, -0.25) is 0 Å². The molecular formula is C23H20ClF2N3O6S2. The third-order valence-corrected chi connectivity index (χ3v) is 8.03. The number of carbonyl (C=O) groups excluding carboxylic acids is 1. The van der Waals surface area contributed by atoms with E-state index < -0.39 is 54.2 Å². The molecule has 0 bridgehead atoms. The number of allylic oxidation sites excluding steroid dienone is 1. The van der Waals surface area contributed by atoms with Gasteiger partial charge in [-0.05, 0) is 67.1 Å². The van der Waals surface area contributed by atoms with Crippen molar-refractivity contribution in [1.82, 2.24) is 10.4 Å². The van der Waals surface area contributed by atoms with Crippen molar-refractivity contribution in [3.05, 3.63) is 101 Å². The fourth-order valence-electron chi connectivity index (χ4n) is 3.28. The lowest BCUT2D eigenvalue weighted by molar-refractivity contribution is 0.177. The molecule has 0 radical (unpaired) electrons. The van der Waals surface area contributed by atoms with Crippen molar-refractivity contribution in [2.45, 2.75) is 17.1 Å². The van der Waals surface area contributed by atoms with Crippen LogP contribution in [0.15, 0.2) is 78.0 Å². The van der Waals surface area contributed by atoms with Crippen molar-refractivity contribution in [2.75, 3.05) is 10.7 Å². The Morgan fingerprint density at radius 3 is 2.32 bits per heavy atom. The van der Waals surface area contributed by atoms with Crippen LogP contribution in [0.3, 0.4) is 0 Å². The van der Waals surface area contributed by atoms with Crippen LogP contribution < -0.4 is 9.84 Å². The summed E-state index contributed by atoms with van der Waals surface area (Å²) in [6, 6.07) is 9.54. The zero-order chi connectivity index (χ0) is 27.5. The summed E-state index contributed by atoms with van der Waals surface area (Å²) >= 11 is 5.87. The van der Waals surface area contributed by atoms with E-state index in [4.69, 9.17) is 16.3 Å². The number of ether oxygens (including phenoxy) is 1. The number of hydrazine groups is 1. The standard InChI is InChI=1S/C23H20ClF2N3O6S2/c1-14(2)35-23(30)28-29(36(3,31)32)21-12-15(10-11-27-21)22(19-13-17(25)6-9-20(19)26)37(33,34)18-7-4-16(24)5-8-18/h4-13,22H,1H2,2-3H3,(H,28,30). The SMILES string of the molecule is C=C(C)OC(=O)NN(c1cc(C(c2cc(F)ccc2F)S(=O)(=O)c2ccc(Cl)cc2)ccn1)S(C)(=O)=O. The van der Waals surface area contributed by atoms with E-state index in [1.54, 1.807) is 0 Å². The van der Waals surface area contributed by atoms with Crippen LogP contribution in [0.2, 0.25) is 5.02 Å². The number of nitrogens with one attached hydrogen (secondary N) is 1. The highest BCUT2D eigenvalue weighted by Crippen LogP contribution is 2.38. The molecule has 0 spiro atoms. The Bertz CT molecular complexity index is 1570. The third-order valence-electron chi connectivity index (χ3n) is 4.76. The van der Waals surface area contributed by atoms with Crippen LogP contribution in [-0.2, 0) is 24.6 Å². The molecule has 14 heteroatoms. The summed E-state index contributed by atoms with van der Waals surface area (Å²) in [5.41, 5.74) is 1.26. The Labute approximate surface area is 217 Å². The number of hydrogen-bond acceptors (Lipinski definition) is 7. The van der Waals surface area contributed by atoms with E-state index in [0.29, 0.717) is 4.41 Å². The molecule has 0 aliphatic carbocycles. The molecule has 196 valence electrons. The van der Waals surface area contributed by atoms with Gasteiger partial charge >= 0.3 is 6.09 Å². The lowest BCUT2D eigenvalue weighted by Crippen LogP contribution is -2.46. The van der Waals surface area contributed by atoms with Gasteiger partial charge in [-0.2, -0.15) is 4.41 Å². The maximum Gasteiger partial charge on any atom is 0.432 e. The molecule has 37 heavy (non-hydrogen) atoms. The molecule has 3 aromatic rings. The van der Waals surface area contributed by atoms with Crippen molar-refractivity contribution < 1.29 is 35.1 Å². The number of sulfone groups is 1. The lowest BCUT2D eigenvalue weighted by atomic mass is 10.0. The fraction of sp³-hybridized carbons (Fsp3) is 0.130. The number of carbonyl (C=O) groups is 1. The zero-order valence-corrected chi connectivity index (χ0v) is 21.7. The Kier molecular flexibility index (Phi) is 8.20. The van der Waals surface area contributed by atoms with Crippen LogP contribution in [-0.4, -0.2) is 34.2 Å². The summed E-state index contributed by atoms with van der Waals surface area (Å²) in [6.45, 7) is 4.73. The highest BCUT2D eigenvalue weighted by molar-refractivity contribution is 7.92. The van der Waals surface area contributed by atoms with Gasteiger partial charge in [0.05, 0.1) is 16.9 Å². The largest absolute Gasteiger partial charge is 0.432 e. The average molecular weight is 572 g/mol. The lowest BCUT2D eigenvalue weighted by Gasteiger charge is -2.24. The van der Waals surface area contributed by atoms with Crippen LogP contribution in [0.1, 0.15) is 23.3 Å². The molecule has 0 aliphatic heterocycles. The third kappa shape index (κ3) is 6.61. The van der Waals surface area contributed by atoms with E-state index >= 15 is 0 Å². The number of pyridine rings is 1. The number of hydrogen-bond donors (Lipinski definition) is 1. The van der Waals surface area contributed by atoms with Crippen LogP contribution in [0, 0.1) is 11.6 Å². The Morgan fingerprint density at radius 1 is 1.08 bits per heavy atom. The molecule has 0 fully saturated rings. The summed E-state index contributed by atoms with van der Waals surface area (Å²) in [5.74, 6) is -2.41. The van der Waals surface area contributed by atoms with E-state index in [-0.39, 0.29) is 21.2 Å². The van der Waals surface area contributed by atoms with Gasteiger partial charge in [-0.25, -0.2) is 40.8 Å². The molecular weight excluding hydrogens is 552 g/mol. The number of rotatable bonds is 8. The molecule has 1 atom stereocenters. The summed E-state index contributed by atoms with van der Waals surface area (Å²) in [4.78, 5) is 15.7. The van der Waals surface area contributed by atoms with Gasteiger partial charge in [0.2, 0.25) is 0 Å². The second-order valence-electron chi connectivity index (χ2n) is 7.72. The van der Waals surface area contributed by atoms with Gasteiger partial charge in [-0.1, -0.05) is 18.2 Å². The van der Waals surface area contributed by atoms with Crippen molar-refractivity contribution in [2.24, 2.45) is 0 Å². The molecule has 3 rings (SSSR count). The van der Waals surface area contributed by atoms with Crippen LogP contribution in [0.25, 0.3) is 0 Å². The molecule has 0 saturated heterocycles. The van der Waals surface area contributed by atoms with Gasteiger partial charge in [0.25, 0.3) is 10.0 Å². The number of anilines is 1. The normalized spacial score (nSPS) is 12.5. The van der Waals surface area contributed by atoms with E-state index in [9.17, 15) is 30.4 Å². The molecule has 0 aliphatic rings. The quantitative estimate of drug-likeness (QED) is 0.311. The molecule has 1 N–H and O–H groups in total. The first kappa shape index (κ1) is 28.0. The smallest absolute Gasteiger partial charge is 0.415 e. The maximum atomic E-state index is 14.9. The van der Waals surface area contributed by atoms with Gasteiger partial charge in [0.15, 0.2) is 15.7 Å². The fourth-order valence-corrected chi connectivity index (χ4v) is 5.90. The second-order valence-corrected chi connectivity index (χ2v) is 12.0. The zero-order valence-electron chi connectivity index (χ0n) is 19.4. The molecule has 0 saturated carbocycles. The van der Waals surface area contributed by atoms with Crippen LogP contribution in [0.4, 0.5) is 19.4 Å². The highest BCUT2D eigenvalue weighted by Gasteiger charge is 2.34. The molecule has 2 aromatic carbocycles. The Hall–Kier alpha value is -3.55. The van der Waals surface area contributed by atoms with Gasteiger partial charge in [-0.15, -0.1) is 0 Å². The number of aromatic nitrogens is 1. The number of amides is 1. The monoisotopic (exact) mass is 571 g/mol. The molecule has 1 aromatic heterocycles. The van der Waals surface area contributed by atoms with Crippen molar-refractivity contribution in [3.8, 4) is 0 Å². The Morgan fingerprint density at radius 2 is 1.73 bits per heavy atom. The second kappa shape index (κ2) is 10.8. The number of nitrogens with zero attached hydrogens (tertiary/aromatic N) is 2. The molecule has 1 amide bonds. The predicted molar refractivity (Wildman–Crippen MR) is 133 cm³/mol. The van der Waals surface area contributed by atoms with E-state index in [1.807, 2.05) is 5.43 Å². The van der Waals surface area contributed by atoms with Crippen LogP contribution in [0.5, 0.6) is 0 Å². The predicted octanol–water partition coefficient (Wildman–Crippen LogP) is 4.52. The van der Waals surface area contributed by atoms with Gasteiger partial charge in [0.1, 0.15) is 16.9 Å². The van der Waals surface area contributed by atoms with Gasteiger partial charge < -0.3 is 4.74 Å². The van der Waals surface area contributed by atoms with E-state index in [0.717, 1.165) is 36.7 Å². The van der Waals surface area contributed by atoms with Crippen molar-refractivity contribution in [1.29, 1.82) is 0 Å². The summed E-state index contributed by atoms with van der Waals surface area (Å²) in [7, 11) is -8.70. The molecule has 1 heterocycles. The topological polar surface area (TPSA) is 123 Å². The minimum absolute atomic E-state index is 0.0386. The number of sulfonamides is 1. The van der Waals surface area contributed by atoms with Crippen molar-refractivity contribution >= 4 is 43.4 Å². The Balaban J connectivity index is 2.22. The van der Waals surface area contributed by atoms with E-state index in [2.05, 4.69) is 11.6 Å². The maximum absolute atomic E-state index is 14.9. The summed E-state index contributed by atoms with van der Waals surface area (Å²) < 4.78 is 86.3. The summed E-state index contributed by atoms with van der Waals surface area (Å²) in [6.07, 6.45) is 0.582. The number of halogens is 3. The average Bonchev–Trinajstić information content (AvgIpc) is 2.79. The summed E-state index contributed by atoms with van der Waals surface area (Å²) in [5, 5.41) is -1.59. The first-order chi connectivity index (χ1) is 17.2. The van der Waals surface area contributed by atoms with E-state index in [1.165, 1.54) is 37.3 Å². The molecule has 9 nitrogen and oxygen atoms in total. The van der Waals surface area contributed by atoms with Crippen molar-refractivity contribution in [3.63, 3.8) is 0 Å². The van der Waals surface area contributed by atoms with Gasteiger partial charge in [0, 0.05) is 16.8 Å². The minimum Gasteiger partial charge on any atom is -0.415 e. The molecule has 1 unspecified atom stereocenters. The first-order valence-electron chi connectivity index (χ1n) is 10.2. The highest BCUT2D eigenvalue weighted by atomic mass is 35.5. The minimum atomic E-state index is -4.46.